The van der Waals surface area contributed by atoms with Crippen LogP contribution in [0.5, 0.6) is 5.75 Å². The highest BCUT2D eigenvalue weighted by atomic mass is 19.3. The summed E-state index contributed by atoms with van der Waals surface area (Å²) in [7, 11) is 1.84. The monoisotopic (exact) mass is 458 g/mol. The van der Waals surface area contributed by atoms with Crippen LogP contribution in [0.2, 0.25) is 0 Å². The Hall–Kier alpha value is -3.14. The Bertz CT molecular complexity index is 1120. The molecule has 3 aromatic rings. The summed E-state index contributed by atoms with van der Waals surface area (Å²) in [6, 6.07) is 8.30. The van der Waals surface area contributed by atoms with Crippen LogP contribution in [0.25, 0.3) is 22.4 Å². The maximum atomic E-state index is 15.0. The van der Waals surface area contributed by atoms with Crippen LogP contribution in [0.3, 0.4) is 0 Å². The predicted octanol–water partition coefficient (Wildman–Crippen LogP) is 4.17. The molecule has 0 aliphatic carbocycles. The predicted molar refractivity (Wildman–Crippen MR) is 118 cm³/mol. The maximum absolute atomic E-state index is 15.0. The number of piperidine rings is 2. The Kier molecular flexibility index (Phi) is 5.69. The molecule has 7 nitrogen and oxygen atoms in total. The van der Waals surface area contributed by atoms with Gasteiger partial charge in [-0.2, -0.15) is 13.9 Å². The number of benzene rings is 1. The number of halogens is 3. The minimum Gasteiger partial charge on any atom is -0.507 e. The van der Waals surface area contributed by atoms with Gasteiger partial charge in [-0.1, -0.05) is 12.5 Å². The van der Waals surface area contributed by atoms with Crippen LogP contribution < -0.4 is 10.2 Å². The van der Waals surface area contributed by atoms with E-state index in [0.717, 1.165) is 25.7 Å². The second kappa shape index (κ2) is 8.66. The molecule has 2 bridgehead atoms. The molecule has 174 valence electrons. The minimum absolute atomic E-state index is 0.0531. The average Bonchev–Trinajstić information content (AvgIpc) is 3.32. The van der Waals surface area contributed by atoms with Crippen molar-refractivity contribution in [3.63, 3.8) is 0 Å². The van der Waals surface area contributed by atoms with E-state index < -0.39 is 12.7 Å². The number of hydrogen-bond donors (Lipinski definition) is 2. The van der Waals surface area contributed by atoms with E-state index >= 15 is 4.39 Å². The average molecular weight is 458 g/mol. The molecular weight excluding hydrogens is 433 g/mol. The second-order valence-corrected chi connectivity index (χ2v) is 8.75. The van der Waals surface area contributed by atoms with Crippen LogP contribution in [0.4, 0.5) is 19.0 Å². The van der Waals surface area contributed by atoms with Crippen molar-refractivity contribution >= 4 is 5.82 Å². The highest BCUT2D eigenvalue weighted by Gasteiger charge is 2.41. The normalized spacial score (nSPS) is 24.8. The Balaban J connectivity index is 1.34. The number of hydrogen-bond acceptors (Lipinski definition) is 6. The van der Waals surface area contributed by atoms with E-state index in [4.69, 9.17) is 0 Å². The van der Waals surface area contributed by atoms with Crippen LogP contribution in [0, 0.1) is 0 Å². The van der Waals surface area contributed by atoms with E-state index in [9.17, 15) is 13.9 Å². The lowest BCUT2D eigenvalue weighted by molar-refractivity contribution is 0.0566. The van der Waals surface area contributed by atoms with E-state index in [-0.39, 0.29) is 17.8 Å². The minimum atomic E-state index is -2.73. The summed E-state index contributed by atoms with van der Waals surface area (Å²) in [5.74, 6) is 0.518. The number of phenols is 1. The van der Waals surface area contributed by atoms with Crippen molar-refractivity contribution in [3.8, 4) is 28.1 Å². The Morgan fingerprint density at radius 3 is 2.70 bits per heavy atom. The van der Waals surface area contributed by atoms with Crippen molar-refractivity contribution in [2.24, 2.45) is 0 Å². The summed E-state index contributed by atoms with van der Waals surface area (Å²) in [5.41, 5.74) is 1.94. The van der Waals surface area contributed by atoms with Crippen molar-refractivity contribution in [2.75, 3.05) is 11.9 Å². The number of rotatable bonds is 5. The van der Waals surface area contributed by atoms with Crippen LogP contribution in [0.1, 0.15) is 32.2 Å². The number of nitrogens with one attached hydrogen (secondary N) is 1. The van der Waals surface area contributed by atoms with Crippen molar-refractivity contribution in [1.82, 2.24) is 25.3 Å². The third-order valence-corrected chi connectivity index (χ3v) is 6.71. The zero-order valence-corrected chi connectivity index (χ0v) is 18.1. The topological polar surface area (TPSA) is 79.1 Å². The first-order chi connectivity index (χ1) is 15.9. The van der Waals surface area contributed by atoms with Gasteiger partial charge in [-0.3, -0.25) is 0 Å². The molecule has 2 N–H and O–H groups in total. The van der Waals surface area contributed by atoms with Crippen LogP contribution in [0.15, 0.2) is 42.7 Å². The Labute approximate surface area is 189 Å². The van der Waals surface area contributed by atoms with Crippen molar-refractivity contribution in [2.45, 2.75) is 56.5 Å². The lowest BCUT2D eigenvalue weighted by atomic mass is 9.82. The van der Waals surface area contributed by atoms with E-state index in [2.05, 4.69) is 20.6 Å². The molecule has 4 atom stereocenters. The molecule has 1 aromatic carbocycles. The lowest BCUT2D eigenvalue weighted by Gasteiger charge is -2.46. The first kappa shape index (κ1) is 21.7. The van der Waals surface area contributed by atoms with Crippen molar-refractivity contribution in [1.29, 1.82) is 0 Å². The first-order valence-electron chi connectivity index (χ1n) is 11.0. The molecular formula is C23H25F3N6O. The van der Waals surface area contributed by atoms with Crippen LogP contribution >= 0.6 is 0 Å². The third-order valence-electron chi connectivity index (χ3n) is 6.71. The quantitative estimate of drug-likeness (QED) is 0.598. The van der Waals surface area contributed by atoms with Crippen LogP contribution in [-0.2, 0) is 0 Å². The number of phenolic OH excluding ortho intramolecular Hbond substituents is 1. The summed E-state index contributed by atoms with van der Waals surface area (Å²) >= 11 is 0. The zero-order valence-electron chi connectivity index (χ0n) is 18.1. The lowest BCUT2D eigenvalue weighted by Crippen LogP contribution is -2.61. The molecule has 0 radical (unpaired) electrons. The number of aromatic hydroxyl groups is 1. The molecule has 4 heterocycles. The molecule has 2 fully saturated rings. The van der Waals surface area contributed by atoms with Crippen molar-refractivity contribution < 1.29 is 18.3 Å². The summed E-state index contributed by atoms with van der Waals surface area (Å²) in [4.78, 5) is 1.86. The van der Waals surface area contributed by atoms with E-state index in [1.54, 1.807) is 24.3 Å². The number of fused-ring (bicyclic) bond motifs is 2. The number of nitrogens with zero attached hydrogens (tertiary/aromatic N) is 5. The molecule has 2 aliphatic rings. The molecule has 33 heavy (non-hydrogen) atoms. The van der Waals surface area contributed by atoms with Gasteiger partial charge in [-0.05, 0) is 49.1 Å². The zero-order chi connectivity index (χ0) is 23.1. The summed E-state index contributed by atoms with van der Waals surface area (Å²) in [6.45, 7) is -2.73. The highest BCUT2D eigenvalue weighted by molar-refractivity contribution is 5.74. The molecule has 0 spiro atoms. The molecule has 0 saturated carbocycles. The van der Waals surface area contributed by atoms with Crippen molar-refractivity contribution in [3.05, 3.63) is 42.7 Å². The van der Waals surface area contributed by atoms with Gasteiger partial charge in [0.25, 0.3) is 0 Å². The van der Waals surface area contributed by atoms with Gasteiger partial charge in [0.1, 0.15) is 11.9 Å². The van der Waals surface area contributed by atoms with Crippen LogP contribution in [-0.4, -0.2) is 56.4 Å². The molecule has 0 amide bonds. The third kappa shape index (κ3) is 4.15. The number of alkyl halides is 3. The Morgan fingerprint density at radius 2 is 2.00 bits per heavy atom. The van der Waals surface area contributed by atoms with Gasteiger partial charge in [0.15, 0.2) is 5.82 Å². The van der Waals surface area contributed by atoms with E-state index in [1.165, 1.54) is 18.5 Å². The highest BCUT2D eigenvalue weighted by Crippen LogP contribution is 2.34. The van der Waals surface area contributed by atoms with E-state index in [0.29, 0.717) is 38.9 Å². The van der Waals surface area contributed by atoms with Gasteiger partial charge < -0.3 is 15.3 Å². The second-order valence-electron chi connectivity index (χ2n) is 8.75. The standard InChI is InChI=1S/C23H25F3N6O/c1-31(19-10-15-3-2-4-18(28-15)22(19)24)21-8-7-17(29-30-21)16-6-5-13(9-20(16)33)14-11-27-32(12-14)23(25)26/h5-9,11-12,15,18-19,22-23,28,33H,2-4,10H2,1H3/t15?,18?,19-,22+/m0/s1. The number of anilines is 1. The fourth-order valence-corrected chi connectivity index (χ4v) is 4.90. The number of aromatic nitrogens is 4. The smallest absolute Gasteiger partial charge is 0.333 e. The van der Waals surface area contributed by atoms with Gasteiger partial charge in [0.2, 0.25) is 0 Å². The Morgan fingerprint density at radius 1 is 1.15 bits per heavy atom. The summed E-state index contributed by atoms with van der Waals surface area (Å²) < 4.78 is 41.1. The fraction of sp³-hybridized carbons (Fsp3) is 0.435. The van der Waals surface area contributed by atoms with Gasteiger partial charge >= 0.3 is 6.55 Å². The summed E-state index contributed by atoms with van der Waals surface area (Å²) in [6.07, 6.45) is 5.27. The first-order valence-corrected chi connectivity index (χ1v) is 11.0. The largest absolute Gasteiger partial charge is 0.507 e. The van der Waals surface area contributed by atoms with Gasteiger partial charge in [0, 0.05) is 36.5 Å². The van der Waals surface area contributed by atoms with E-state index in [1.807, 2.05) is 11.9 Å². The summed E-state index contributed by atoms with van der Waals surface area (Å²) in [5, 5.41) is 26.1. The molecule has 2 aromatic heterocycles. The van der Waals surface area contributed by atoms with Gasteiger partial charge in [-0.15, -0.1) is 10.2 Å². The molecule has 10 heteroatoms. The van der Waals surface area contributed by atoms with Gasteiger partial charge in [0.05, 0.1) is 17.9 Å². The molecule has 2 unspecified atom stereocenters. The molecule has 2 saturated heterocycles. The fourth-order valence-electron chi connectivity index (χ4n) is 4.90. The van der Waals surface area contributed by atoms with Gasteiger partial charge in [-0.25, -0.2) is 9.07 Å². The molecule has 5 rings (SSSR count). The molecule has 2 aliphatic heterocycles. The SMILES string of the molecule is CN(c1ccc(-c2ccc(-c3cnn(C(F)F)c3)cc2O)nn1)[C@H]1CC2CCCC(N2)[C@H]1F. The maximum Gasteiger partial charge on any atom is 0.333 e.